The van der Waals surface area contributed by atoms with Crippen LogP contribution in [0, 0.1) is 0 Å². The zero-order chi connectivity index (χ0) is 16.7. The van der Waals surface area contributed by atoms with Gasteiger partial charge in [-0.3, -0.25) is 0 Å². The fraction of sp³-hybridized carbons (Fsp3) is 1.00. The van der Waals surface area contributed by atoms with Crippen LogP contribution in [0.3, 0.4) is 0 Å². The van der Waals surface area contributed by atoms with Crippen molar-refractivity contribution < 1.29 is 22.0 Å². The van der Waals surface area contributed by atoms with Crippen LogP contribution in [0.25, 0.3) is 0 Å². The number of halogens is 1. The van der Waals surface area contributed by atoms with Gasteiger partial charge in [0.25, 0.3) is 0 Å². The average molecular weight is 350 g/mol. The molecule has 1 N–H and O–H groups in total. The summed E-state index contributed by atoms with van der Waals surface area (Å²) in [6.07, 6.45) is 20.2. The minimum atomic E-state index is -0.197. The van der Waals surface area contributed by atoms with Crippen molar-refractivity contribution in [2.24, 2.45) is 0 Å². The number of hydrogen-bond acceptors (Lipinski definition) is 1. The first-order chi connectivity index (χ1) is 10.5. The molecule has 0 saturated carbocycles. The van der Waals surface area contributed by atoms with E-state index in [-0.39, 0.29) is 18.6 Å². The summed E-state index contributed by atoms with van der Waals surface area (Å²) in [6, 6.07) is 0. The van der Waals surface area contributed by atoms with Gasteiger partial charge < -0.3 is 22.0 Å². The minimum Gasteiger partial charge on any atom is -1.00 e. The zero-order valence-electron chi connectivity index (χ0n) is 16.5. The largest absolute Gasteiger partial charge is 1.00 e. The van der Waals surface area contributed by atoms with Crippen LogP contribution in [0.15, 0.2) is 0 Å². The number of unbranched alkanes of at least 4 members (excludes halogenated alkanes) is 13. The van der Waals surface area contributed by atoms with Gasteiger partial charge in [-0.2, -0.15) is 0 Å². The van der Waals surface area contributed by atoms with Gasteiger partial charge in [0.2, 0.25) is 0 Å². The van der Waals surface area contributed by atoms with E-state index in [0.29, 0.717) is 4.48 Å². The Labute approximate surface area is 153 Å². The number of nitrogens with zero attached hydrogens (tertiary/aromatic N) is 1. The fourth-order valence-electron chi connectivity index (χ4n) is 2.91. The summed E-state index contributed by atoms with van der Waals surface area (Å²) in [5, 5.41) is 9.95. The van der Waals surface area contributed by atoms with Crippen LogP contribution in [0.1, 0.15) is 103 Å². The van der Waals surface area contributed by atoms with Crippen LogP contribution in [-0.2, 0) is 0 Å². The predicted molar refractivity (Wildman–Crippen MR) is 99.0 cm³/mol. The molecule has 0 radical (unpaired) electrons. The van der Waals surface area contributed by atoms with Crippen LogP contribution >= 0.6 is 0 Å². The lowest BCUT2D eigenvalue weighted by molar-refractivity contribution is -0.919. The van der Waals surface area contributed by atoms with Crippen LogP contribution in [0.4, 0.5) is 0 Å². The van der Waals surface area contributed by atoms with Crippen molar-refractivity contribution in [1.82, 2.24) is 0 Å². The molecule has 1 unspecified atom stereocenters. The highest BCUT2D eigenvalue weighted by atomic mass is 35.5. The van der Waals surface area contributed by atoms with Gasteiger partial charge in [-0.1, -0.05) is 90.4 Å². The molecule has 0 aliphatic carbocycles. The molecule has 0 aromatic rings. The van der Waals surface area contributed by atoms with E-state index in [1.807, 2.05) is 0 Å². The Morgan fingerprint density at radius 3 is 1.22 bits per heavy atom. The maximum atomic E-state index is 9.95. The van der Waals surface area contributed by atoms with Gasteiger partial charge >= 0.3 is 0 Å². The molecule has 0 fully saturated rings. The molecule has 0 rings (SSSR count). The van der Waals surface area contributed by atoms with Gasteiger partial charge in [0, 0.05) is 6.42 Å². The Morgan fingerprint density at radius 1 is 0.609 bits per heavy atom. The summed E-state index contributed by atoms with van der Waals surface area (Å²) in [6.45, 7) is 2.28. The van der Waals surface area contributed by atoms with E-state index in [1.54, 1.807) is 0 Å². The summed E-state index contributed by atoms with van der Waals surface area (Å²) >= 11 is 0. The van der Waals surface area contributed by atoms with Gasteiger partial charge in [-0.05, 0) is 6.42 Å². The first-order valence-electron chi connectivity index (χ1n) is 9.97. The monoisotopic (exact) mass is 349 g/mol. The lowest BCUT2D eigenvalue weighted by Gasteiger charge is -2.29. The second-order valence-electron chi connectivity index (χ2n) is 7.98. The third kappa shape index (κ3) is 18.4. The molecular weight excluding hydrogens is 306 g/mol. The molecule has 0 saturated heterocycles. The molecule has 0 bridgehead atoms. The maximum absolute atomic E-state index is 9.95. The lowest BCUT2D eigenvalue weighted by atomic mass is 10.0. The van der Waals surface area contributed by atoms with Crippen LogP contribution in [0.2, 0.25) is 0 Å². The summed E-state index contributed by atoms with van der Waals surface area (Å²) < 4.78 is 0.665. The van der Waals surface area contributed by atoms with Gasteiger partial charge in [0.1, 0.15) is 0 Å². The van der Waals surface area contributed by atoms with Crippen molar-refractivity contribution in [2.75, 3.05) is 21.1 Å². The Kier molecular flexibility index (Phi) is 18.9. The van der Waals surface area contributed by atoms with E-state index in [4.69, 9.17) is 0 Å². The highest BCUT2D eigenvalue weighted by Crippen LogP contribution is 2.14. The molecule has 0 aliphatic rings. The molecule has 0 amide bonds. The third-order valence-electron chi connectivity index (χ3n) is 4.71. The van der Waals surface area contributed by atoms with Crippen molar-refractivity contribution in [1.29, 1.82) is 0 Å². The highest BCUT2D eigenvalue weighted by Gasteiger charge is 2.19. The number of quaternary nitrogens is 1. The van der Waals surface area contributed by atoms with Crippen molar-refractivity contribution in [3.05, 3.63) is 0 Å². The SMILES string of the molecule is CCCCCCCCCCCCCCCCC(O)[N+](C)(C)C.[Cl-]. The molecule has 1 atom stereocenters. The molecular formula is C20H44ClNO. The van der Waals surface area contributed by atoms with Gasteiger partial charge in [0.05, 0.1) is 21.1 Å². The Morgan fingerprint density at radius 2 is 0.913 bits per heavy atom. The summed E-state index contributed by atoms with van der Waals surface area (Å²) in [5.41, 5.74) is 0. The zero-order valence-corrected chi connectivity index (χ0v) is 17.2. The molecule has 23 heavy (non-hydrogen) atoms. The van der Waals surface area contributed by atoms with Crippen LogP contribution in [-0.4, -0.2) is 37.0 Å². The standard InChI is InChI=1S/C20H44NO.ClH/c1-5-6-7-8-9-10-11-12-13-14-15-16-17-18-19-20(22)21(2,3)4;/h20,22H,5-19H2,1-4H3;1H/q+1;/p-1. The van der Waals surface area contributed by atoms with Crippen molar-refractivity contribution in [3.8, 4) is 0 Å². The van der Waals surface area contributed by atoms with Crippen molar-refractivity contribution >= 4 is 0 Å². The van der Waals surface area contributed by atoms with Gasteiger partial charge in [0.15, 0.2) is 6.23 Å². The number of aliphatic hydroxyl groups excluding tert-OH is 1. The molecule has 142 valence electrons. The molecule has 0 aromatic heterocycles. The number of rotatable bonds is 16. The van der Waals surface area contributed by atoms with Crippen LogP contribution < -0.4 is 12.4 Å². The highest BCUT2D eigenvalue weighted by molar-refractivity contribution is 4.50. The van der Waals surface area contributed by atoms with Gasteiger partial charge in [-0.15, -0.1) is 0 Å². The molecule has 3 heteroatoms. The molecule has 2 nitrogen and oxygen atoms in total. The van der Waals surface area contributed by atoms with Crippen molar-refractivity contribution in [3.63, 3.8) is 0 Å². The topological polar surface area (TPSA) is 20.2 Å². The molecule has 0 aromatic carbocycles. The minimum absolute atomic E-state index is 0. The number of aliphatic hydroxyl groups is 1. The van der Waals surface area contributed by atoms with E-state index in [1.165, 1.54) is 89.9 Å². The molecule has 0 heterocycles. The summed E-state index contributed by atoms with van der Waals surface area (Å²) in [4.78, 5) is 0. The second-order valence-corrected chi connectivity index (χ2v) is 7.98. The fourth-order valence-corrected chi connectivity index (χ4v) is 2.91. The second kappa shape index (κ2) is 17.0. The lowest BCUT2D eigenvalue weighted by Crippen LogP contribution is -3.00. The Hall–Kier alpha value is 0.210. The van der Waals surface area contributed by atoms with E-state index in [0.717, 1.165) is 6.42 Å². The van der Waals surface area contributed by atoms with Gasteiger partial charge in [-0.25, -0.2) is 0 Å². The van der Waals surface area contributed by atoms with Crippen molar-refractivity contribution in [2.45, 2.75) is 109 Å². The summed E-state index contributed by atoms with van der Waals surface area (Å²) in [7, 11) is 6.19. The first-order valence-corrected chi connectivity index (χ1v) is 9.97. The third-order valence-corrected chi connectivity index (χ3v) is 4.71. The Balaban J connectivity index is 0. The molecule has 0 aliphatic heterocycles. The van der Waals surface area contributed by atoms with E-state index >= 15 is 0 Å². The quantitative estimate of drug-likeness (QED) is 0.258. The maximum Gasteiger partial charge on any atom is 0.189 e. The van der Waals surface area contributed by atoms with E-state index in [9.17, 15) is 5.11 Å². The smallest absolute Gasteiger partial charge is 0.189 e. The van der Waals surface area contributed by atoms with Crippen LogP contribution in [0.5, 0.6) is 0 Å². The predicted octanol–water partition coefficient (Wildman–Crippen LogP) is 2.89. The first kappa shape index (κ1) is 25.5. The number of hydrogen-bond donors (Lipinski definition) is 1. The van der Waals surface area contributed by atoms with E-state index in [2.05, 4.69) is 28.1 Å². The summed E-state index contributed by atoms with van der Waals surface area (Å²) in [5.74, 6) is 0. The normalized spacial score (nSPS) is 12.9. The average Bonchev–Trinajstić information content (AvgIpc) is 2.46. The Bertz CT molecular complexity index is 228. The van der Waals surface area contributed by atoms with E-state index < -0.39 is 0 Å². The molecule has 0 spiro atoms.